The summed E-state index contributed by atoms with van der Waals surface area (Å²) in [5.74, 6) is 1.22. The lowest BCUT2D eigenvalue weighted by molar-refractivity contribution is 0.626. The molecule has 0 bridgehead atoms. The predicted octanol–water partition coefficient (Wildman–Crippen LogP) is 3.89. The molecule has 0 aliphatic carbocycles. The standard InChI is InChI=1S/C15H23BrN2S/c1-4-17-10-13-5-6-15(14(16)9-13)18-7-8-19-12(3)11(18)2/h5-6,9,11-12,17H,4,7-8,10H2,1-3H3. The van der Waals surface area contributed by atoms with E-state index in [-0.39, 0.29) is 0 Å². The maximum absolute atomic E-state index is 3.75. The van der Waals surface area contributed by atoms with E-state index in [1.807, 2.05) is 0 Å². The molecule has 1 aliphatic rings. The molecule has 106 valence electrons. The Kier molecular flexibility index (Phi) is 5.60. The summed E-state index contributed by atoms with van der Waals surface area (Å²) in [4.78, 5) is 2.53. The van der Waals surface area contributed by atoms with Gasteiger partial charge in [-0.05, 0) is 47.1 Å². The minimum atomic E-state index is 0.592. The molecule has 2 rings (SSSR count). The number of anilines is 1. The molecule has 1 N–H and O–H groups in total. The fraction of sp³-hybridized carbons (Fsp3) is 0.600. The predicted molar refractivity (Wildman–Crippen MR) is 90.3 cm³/mol. The summed E-state index contributed by atoms with van der Waals surface area (Å²) in [6.07, 6.45) is 0. The molecule has 0 saturated carbocycles. The van der Waals surface area contributed by atoms with Crippen LogP contribution in [-0.4, -0.2) is 30.1 Å². The Hall–Kier alpha value is -0.190. The molecule has 0 amide bonds. The topological polar surface area (TPSA) is 15.3 Å². The minimum absolute atomic E-state index is 0.592. The normalized spacial score (nSPS) is 23.7. The highest BCUT2D eigenvalue weighted by Crippen LogP contribution is 2.34. The van der Waals surface area contributed by atoms with Crippen molar-refractivity contribution in [3.05, 3.63) is 28.2 Å². The van der Waals surface area contributed by atoms with E-state index in [0.29, 0.717) is 11.3 Å². The van der Waals surface area contributed by atoms with Crippen molar-refractivity contribution in [2.75, 3.05) is 23.7 Å². The molecule has 2 nitrogen and oxygen atoms in total. The smallest absolute Gasteiger partial charge is 0.0513 e. The molecule has 1 aromatic carbocycles. The lowest BCUT2D eigenvalue weighted by Crippen LogP contribution is -2.44. The SMILES string of the molecule is CCNCc1ccc(N2CCSC(C)C2C)c(Br)c1. The van der Waals surface area contributed by atoms with E-state index in [2.05, 4.69) is 76.9 Å². The maximum Gasteiger partial charge on any atom is 0.0513 e. The van der Waals surface area contributed by atoms with Gasteiger partial charge in [0.15, 0.2) is 0 Å². The number of hydrogen-bond donors (Lipinski definition) is 1. The van der Waals surface area contributed by atoms with Crippen LogP contribution in [0, 0.1) is 0 Å². The molecule has 1 fully saturated rings. The van der Waals surface area contributed by atoms with Crippen LogP contribution >= 0.6 is 27.7 Å². The average Bonchev–Trinajstić information content (AvgIpc) is 2.40. The molecule has 1 aromatic rings. The van der Waals surface area contributed by atoms with E-state index in [4.69, 9.17) is 0 Å². The Morgan fingerprint density at radius 1 is 1.42 bits per heavy atom. The molecule has 4 heteroatoms. The second-order valence-electron chi connectivity index (χ2n) is 5.08. The Morgan fingerprint density at radius 2 is 2.21 bits per heavy atom. The van der Waals surface area contributed by atoms with E-state index >= 15 is 0 Å². The first-order valence-corrected chi connectivity index (χ1v) is 8.85. The number of rotatable bonds is 4. The van der Waals surface area contributed by atoms with E-state index in [1.165, 1.54) is 21.5 Å². The molecule has 0 radical (unpaired) electrons. The van der Waals surface area contributed by atoms with Gasteiger partial charge in [0.2, 0.25) is 0 Å². The van der Waals surface area contributed by atoms with Crippen LogP contribution in [0.25, 0.3) is 0 Å². The van der Waals surface area contributed by atoms with Crippen LogP contribution in [0.1, 0.15) is 26.3 Å². The second-order valence-corrected chi connectivity index (χ2v) is 7.42. The highest BCUT2D eigenvalue weighted by molar-refractivity contribution is 9.10. The molecule has 0 aromatic heterocycles. The quantitative estimate of drug-likeness (QED) is 0.893. The first-order chi connectivity index (χ1) is 9.13. The van der Waals surface area contributed by atoms with Gasteiger partial charge in [0.25, 0.3) is 0 Å². The highest BCUT2D eigenvalue weighted by atomic mass is 79.9. The number of hydrogen-bond acceptors (Lipinski definition) is 3. The van der Waals surface area contributed by atoms with Gasteiger partial charge in [-0.1, -0.05) is 19.9 Å². The van der Waals surface area contributed by atoms with Gasteiger partial charge in [0, 0.05) is 34.6 Å². The summed E-state index contributed by atoms with van der Waals surface area (Å²) in [6.45, 7) is 9.89. The Balaban J connectivity index is 2.15. The van der Waals surface area contributed by atoms with Crippen molar-refractivity contribution in [2.24, 2.45) is 0 Å². The van der Waals surface area contributed by atoms with E-state index in [1.54, 1.807) is 0 Å². The van der Waals surface area contributed by atoms with Gasteiger partial charge in [0.1, 0.15) is 0 Å². The highest BCUT2D eigenvalue weighted by Gasteiger charge is 2.26. The van der Waals surface area contributed by atoms with Gasteiger partial charge in [-0.15, -0.1) is 0 Å². The molecule has 2 atom stereocenters. The monoisotopic (exact) mass is 342 g/mol. The molecular weight excluding hydrogens is 320 g/mol. The molecule has 1 saturated heterocycles. The van der Waals surface area contributed by atoms with Gasteiger partial charge in [0.05, 0.1) is 5.69 Å². The van der Waals surface area contributed by atoms with E-state index in [0.717, 1.165) is 19.6 Å². The number of halogens is 1. The van der Waals surface area contributed by atoms with Crippen molar-refractivity contribution in [3.8, 4) is 0 Å². The van der Waals surface area contributed by atoms with Crippen LogP contribution in [0.15, 0.2) is 22.7 Å². The van der Waals surface area contributed by atoms with Crippen LogP contribution in [0.2, 0.25) is 0 Å². The fourth-order valence-electron chi connectivity index (χ4n) is 2.44. The molecule has 2 unspecified atom stereocenters. The molecule has 1 aliphatic heterocycles. The Labute approximate surface area is 129 Å². The largest absolute Gasteiger partial charge is 0.366 e. The van der Waals surface area contributed by atoms with Crippen LogP contribution in [0.3, 0.4) is 0 Å². The third-order valence-corrected chi connectivity index (χ3v) is 5.76. The molecule has 19 heavy (non-hydrogen) atoms. The van der Waals surface area contributed by atoms with Gasteiger partial charge in [-0.2, -0.15) is 11.8 Å². The number of nitrogens with zero attached hydrogens (tertiary/aromatic N) is 1. The molecule has 0 spiro atoms. The van der Waals surface area contributed by atoms with E-state index < -0.39 is 0 Å². The number of benzene rings is 1. The molecule has 1 heterocycles. The van der Waals surface area contributed by atoms with Crippen LogP contribution in [0.5, 0.6) is 0 Å². The number of nitrogens with one attached hydrogen (secondary N) is 1. The van der Waals surface area contributed by atoms with Crippen molar-refractivity contribution < 1.29 is 0 Å². The van der Waals surface area contributed by atoms with Crippen molar-refractivity contribution in [2.45, 2.75) is 38.6 Å². The zero-order valence-corrected chi connectivity index (χ0v) is 14.4. The first kappa shape index (κ1) is 15.2. The van der Waals surface area contributed by atoms with Crippen LogP contribution < -0.4 is 10.2 Å². The number of thioether (sulfide) groups is 1. The van der Waals surface area contributed by atoms with Crippen molar-refractivity contribution in [3.63, 3.8) is 0 Å². The Bertz CT molecular complexity index is 425. The zero-order chi connectivity index (χ0) is 13.8. The van der Waals surface area contributed by atoms with Crippen LogP contribution in [-0.2, 0) is 6.54 Å². The lowest BCUT2D eigenvalue weighted by atomic mass is 10.1. The Morgan fingerprint density at radius 3 is 2.89 bits per heavy atom. The maximum atomic E-state index is 3.75. The summed E-state index contributed by atoms with van der Waals surface area (Å²) in [7, 11) is 0. The first-order valence-electron chi connectivity index (χ1n) is 7.01. The van der Waals surface area contributed by atoms with Gasteiger partial charge in [-0.3, -0.25) is 0 Å². The van der Waals surface area contributed by atoms with Gasteiger partial charge < -0.3 is 10.2 Å². The lowest BCUT2D eigenvalue weighted by Gasteiger charge is -2.39. The summed E-state index contributed by atoms with van der Waals surface area (Å²) < 4.78 is 1.22. The summed E-state index contributed by atoms with van der Waals surface area (Å²) in [6, 6.07) is 7.34. The summed E-state index contributed by atoms with van der Waals surface area (Å²) >= 11 is 5.82. The second kappa shape index (κ2) is 7.00. The third-order valence-electron chi connectivity index (χ3n) is 3.78. The minimum Gasteiger partial charge on any atom is -0.366 e. The fourth-order valence-corrected chi connectivity index (χ4v) is 4.19. The molecular formula is C15H23BrN2S. The van der Waals surface area contributed by atoms with E-state index in [9.17, 15) is 0 Å². The van der Waals surface area contributed by atoms with Crippen LogP contribution in [0.4, 0.5) is 5.69 Å². The third kappa shape index (κ3) is 3.67. The average molecular weight is 343 g/mol. The van der Waals surface area contributed by atoms with Crippen molar-refractivity contribution >= 4 is 33.4 Å². The zero-order valence-electron chi connectivity index (χ0n) is 11.9. The van der Waals surface area contributed by atoms with Crippen molar-refractivity contribution in [1.29, 1.82) is 0 Å². The van der Waals surface area contributed by atoms with Gasteiger partial charge in [-0.25, -0.2) is 0 Å². The van der Waals surface area contributed by atoms with Gasteiger partial charge >= 0.3 is 0 Å². The summed E-state index contributed by atoms with van der Waals surface area (Å²) in [5, 5.41) is 4.07. The van der Waals surface area contributed by atoms with Crippen molar-refractivity contribution in [1.82, 2.24) is 5.32 Å². The summed E-state index contributed by atoms with van der Waals surface area (Å²) in [5.41, 5.74) is 2.67.